The van der Waals surface area contributed by atoms with Crippen LogP contribution in [0, 0.1) is 0 Å². The molecule has 0 amide bonds. The number of esters is 2. The van der Waals surface area contributed by atoms with Gasteiger partial charge in [0, 0.05) is 12.3 Å². The minimum absolute atomic E-state index is 0.360. The summed E-state index contributed by atoms with van der Waals surface area (Å²) in [5, 5.41) is 0. The zero-order chi connectivity index (χ0) is 20.9. The summed E-state index contributed by atoms with van der Waals surface area (Å²) < 4.78 is 94.0. The zero-order valence-corrected chi connectivity index (χ0v) is 13.2. The molecule has 1 fully saturated rings. The Morgan fingerprint density at radius 2 is 1.79 bits per heavy atom. The lowest BCUT2D eigenvalue weighted by molar-refractivity contribution is -0.213. The summed E-state index contributed by atoms with van der Waals surface area (Å²) in [6, 6.07) is 0.605. The van der Waals surface area contributed by atoms with E-state index in [1.165, 1.54) is 0 Å². The Bertz CT molecular complexity index is 851. The molecule has 3 rings (SSSR count). The van der Waals surface area contributed by atoms with Crippen LogP contribution in [-0.4, -0.2) is 58.8 Å². The van der Waals surface area contributed by atoms with Crippen molar-refractivity contribution in [1.29, 1.82) is 0 Å². The number of hydrogen-bond acceptors (Lipinski definition) is 8. The molecule has 0 N–H and O–H groups in total. The van der Waals surface area contributed by atoms with E-state index in [1.807, 2.05) is 0 Å². The molecule has 0 saturated carbocycles. The Morgan fingerprint density at radius 3 is 2.39 bits per heavy atom. The third kappa shape index (κ3) is 3.74. The van der Waals surface area contributed by atoms with Crippen molar-refractivity contribution in [3.63, 3.8) is 0 Å². The van der Waals surface area contributed by atoms with E-state index in [1.54, 1.807) is 0 Å². The van der Waals surface area contributed by atoms with Gasteiger partial charge < -0.3 is 18.9 Å². The molecule has 0 aliphatic carbocycles. The molecule has 0 unspecified atom stereocenters. The summed E-state index contributed by atoms with van der Waals surface area (Å²) in [5.41, 5.74) is -0.745. The summed E-state index contributed by atoms with van der Waals surface area (Å²) in [5.74, 6) is -5.27. The Labute approximate surface area is 149 Å². The highest BCUT2D eigenvalue weighted by molar-refractivity contribution is 5.76. The first-order chi connectivity index (χ1) is 12.9. The van der Waals surface area contributed by atoms with Crippen LogP contribution in [0.15, 0.2) is 17.1 Å². The van der Waals surface area contributed by atoms with Gasteiger partial charge in [-0.3, -0.25) is 9.36 Å². The molecule has 4 atom stereocenters. The first kappa shape index (κ1) is 19.9. The van der Waals surface area contributed by atoms with Crippen LogP contribution in [0.25, 0.3) is 0 Å². The van der Waals surface area contributed by atoms with Crippen molar-refractivity contribution in [2.24, 2.45) is 0 Å². The zero-order valence-electron chi connectivity index (χ0n) is 13.2. The van der Waals surface area contributed by atoms with Crippen molar-refractivity contribution < 1.29 is 54.9 Å². The van der Waals surface area contributed by atoms with Crippen molar-refractivity contribution in [1.82, 2.24) is 9.55 Å². The molecule has 1 aromatic heterocycles. The van der Waals surface area contributed by atoms with Crippen LogP contribution < -0.4 is 10.3 Å². The normalized spacial score (nSPS) is 26.2. The highest BCUT2D eigenvalue weighted by atomic mass is 19.4. The smallest absolute Gasteiger partial charge is 0.456 e. The molecule has 0 spiro atoms. The van der Waals surface area contributed by atoms with Gasteiger partial charge in [-0.2, -0.15) is 31.3 Å². The molecule has 0 bridgehead atoms. The van der Waals surface area contributed by atoms with E-state index in [-0.39, 0.29) is 6.01 Å². The van der Waals surface area contributed by atoms with Gasteiger partial charge in [-0.1, -0.05) is 0 Å². The average molecular weight is 418 g/mol. The highest BCUT2D eigenvalue weighted by Crippen LogP contribution is 2.41. The van der Waals surface area contributed by atoms with E-state index in [0.29, 0.717) is 0 Å². The van der Waals surface area contributed by atoms with Crippen LogP contribution in [0.1, 0.15) is 6.23 Å². The number of nitrogens with zero attached hydrogens (tertiary/aromatic N) is 2. The van der Waals surface area contributed by atoms with E-state index in [0.717, 1.165) is 16.8 Å². The van der Waals surface area contributed by atoms with Gasteiger partial charge in [0.15, 0.2) is 18.4 Å². The SMILES string of the molecule is O=C(OC[C@H]1O[C@@H]2[C@@H](Oc3nc(=O)ccn32)[C@@H]1OC(=O)C(F)(F)F)C(F)(F)F. The lowest BCUT2D eigenvalue weighted by Crippen LogP contribution is -2.43. The van der Waals surface area contributed by atoms with Gasteiger partial charge in [0.2, 0.25) is 0 Å². The number of alkyl halides is 6. The molecule has 0 radical (unpaired) electrons. The van der Waals surface area contributed by atoms with Crippen molar-refractivity contribution >= 4 is 11.9 Å². The van der Waals surface area contributed by atoms with Gasteiger partial charge >= 0.3 is 30.3 Å². The van der Waals surface area contributed by atoms with E-state index in [2.05, 4.69) is 14.5 Å². The Balaban J connectivity index is 1.82. The van der Waals surface area contributed by atoms with Gasteiger partial charge in [0.05, 0.1) is 0 Å². The van der Waals surface area contributed by atoms with E-state index < -0.39 is 61.0 Å². The third-order valence-corrected chi connectivity index (χ3v) is 3.69. The maximum Gasteiger partial charge on any atom is 0.490 e. The number of ether oxygens (including phenoxy) is 4. The summed E-state index contributed by atoms with van der Waals surface area (Å²) in [6.07, 6.45) is -16.0. The molecular weight excluding hydrogens is 410 g/mol. The van der Waals surface area contributed by atoms with Crippen LogP contribution in [0.3, 0.4) is 0 Å². The fraction of sp³-hybridized carbons (Fsp3) is 0.538. The topological polar surface area (TPSA) is 106 Å². The van der Waals surface area contributed by atoms with Crippen LogP contribution in [-0.2, 0) is 23.8 Å². The van der Waals surface area contributed by atoms with E-state index in [9.17, 15) is 40.7 Å². The number of carbonyl (C=O) groups excluding carboxylic acids is 2. The number of rotatable bonds is 3. The molecule has 2 aliphatic heterocycles. The fourth-order valence-corrected chi connectivity index (χ4v) is 2.56. The van der Waals surface area contributed by atoms with Crippen molar-refractivity contribution in [2.45, 2.75) is 36.9 Å². The molecule has 154 valence electrons. The highest BCUT2D eigenvalue weighted by Gasteiger charge is 2.57. The lowest BCUT2D eigenvalue weighted by atomic mass is 10.1. The van der Waals surface area contributed by atoms with Crippen LogP contribution in [0.2, 0.25) is 0 Å². The lowest BCUT2D eigenvalue weighted by Gasteiger charge is -2.22. The largest absolute Gasteiger partial charge is 0.490 e. The summed E-state index contributed by atoms with van der Waals surface area (Å²) in [4.78, 5) is 36.7. The van der Waals surface area contributed by atoms with Gasteiger partial charge in [-0.25, -0.2) is 9.59 Å². The van der Waals surface area contributed by atoms with E-state index >= 15 is 0 Å². The first-order valence-electron chi connectivity index (χ1n) is 7.31. The summed E-state index contributed by atoms with van der Waals surface area (Å²) in [7, 11) is 0. The molecule has 2 aliphatic rings. The average Bonchev–Trinajstić information content (AvgIpc) is 3.06. The van der Waals surface area contributed by atoms with Crippen molar-refractivity contribution in [2.75, 3.05) is 6.61 Å². The van der Waals surface area contributed by atoms with E-state index in [4.69, 9.17) is 9.47 Å². The number of halogens is 6. The second kappa shape index (κ2) is 6.65. The molecule has 28 heavy (non-hydrogen) atoms. The van der Waals surface area contributed by atoms with Crippen molar-refractivity contribution in [3.8, 4) is 6.01 Å². The van der Waals surface area contributed by atoms with Gasteiger partial charge in [0.1, 0.15) is 12.7 Å². The number of aromatic nitrogens is 2. The molecule has 0 aromatic carbocycles. The van der Waals surface area contributed by atoms with Crippen LogP contribution in [0.5, 0.6) is 6.01 Å². The monoisotopic (exact) mass is 418 g/mol. The number of carbonyl (C=O) groups is 2. The van der Waals surface area contributed by atoms with Crippen LogP contribution >= 0.6 is 0 Å². The summed E-state index contributed by atoms with van der Waals surface area (Å²) in [6.45, 7) is -1.17. The second-order valence-electron chi connectivity index (χ2n) is 5.57. The molecule has 15 heteroatoms. The molecular formula is C13H8F6N2O7. The van der Waals surface area contributed by atoms with Gasteiger partial charge in [-0.15, -0.1) is 0 Å². The van der Waals surface area contributed by atoms with Crippen molar-refractivity contribution in [3.05, 3.63) is 22.6 Å². The maximum atomic E-state index is 12.5. The minimum Gasteiger partial charge on any atom is -0.456 e. The van der Waals surface area contributed by atoms with Crippen LogP contribution in [0.4, 0.5) is 26.3 Å². The standard InChI is InChI=1S/C13H8F6N2O7/c14-12(15,16)9(23)25-3-4-6(27-10(24)13(17,18)19)7-8(26-4)21-2-1-5(22)20-11(21)28-7/h1-2,4,6-8H,3H2/t4-,6-,7+,8-/m1/s1. The Hall–Kier alpha value is -2.84. The number of fused-ring (bicyclic) bond motifs is 3. The molecule has 9 nitrogen and oxygen atoms in total. The molecule has 1 aromatic rings. The Morgan fingerprint density at radius 1 is 1.14 bits per heavy atom. The second-order valence-corrected chi connectivity index (χ2v) is 5.57. The quantitative estimate of drug-likeness (QED) is 0.516. The number of hydrogen-bond donors (Lipinski definition) is 0. The fourth-order valence-electron chi connectivity index (χ4n) is 2.56. The first-order valence-corrected chi connectivity index (χ1v) is 7.31. The van der Waals surface area contributed by atoms with Gasteiger partial charge in [-0.05, 0) is 0 Å². The third-order valence-electron chi connectivity index (χ3n) is 3.69. The van der Waals surface area contributed by atoms with Gasteiger partial charge in [0.25, 0.3) is 5.56 Å². The predicted octanol–water partition coefficient (Wildman–Crippen LogP) is 0.481. The maximum absolute atomic E-state index is 12.5. The summed E-state index contributed by atoms with van der Waals surface area (Å²) >= 11 is 0. The molecule has 3 heterocycles. The minimum atomic E-state index is -5.41. The predicted molar refractivity (Wildman–Crippen MR) is 69.8 cm³/mol. The molecule has 1 saturated heterocycles. The Kier molecular flexibility index (Phi) is 4.73.